The van der Waals surface area contributed by atoms with Crippen molar-refractivity contribution < 1.29 is 9.53 Å². The molecule has 3 atom stereocenters. The summed E-state index contributed by atoms with van der Waals surface area (Å²) >= 11 is 6.08. The van der Waals surface area contributed by atoms with Gasteiger partial charge in [-0.25, -0.2) is 0 Å². The Hall–Kier alpha value is -1.26. The van der Waals surface area contributed by atoms with Crippen LogP contribution in [-0.4, -0.2) is 43.6 Å². The summed E-state index contributed by atoms with van der Waals surface area (Å²) in [6.07, 6.45) is 4.08. The Morgan fingerprint density at radius 1 is 1.35 bits per heavy atom. The van der Waals surface area contributed by atoms with Crippen molar-refractivity contribution in [1.29, 1.82) is 0 Å². The molecule has 4 nitrogen and oxygen atoms in total. The highest BCUT2D eigenvalue weighted by Crippen LogP contribution is 2.26. The summed E-state index contributed by atoms with van der Waals surface area (Å²) in [5, 5.41) is 3.70. The number of benzene rings is 1. The lowest BCUT2D eigenvalue weighted by Gasteiger charge is -2.34. The van der Waals surface area contributed by atoms with Gasteiger partial charge in [0, 0.05) is 12.6 Å². The van der Waals surface area contributed by atoms with E-state index in [-0.39, 0.29) is 11.9 Å². The fourth-order valence-electron chi connectivity index (χ4n) is 3.17. The van der Waals surface area contributed by atoms with Gasteiger partial charge in [0.1, 0.15) is 5.75 Å². The number of hydrogen-bond donors (Lipinski definition) is 1. The monoisotopic (exact) mass is 338 g/mol. The average Bonchev–Trinajstić information content (AvgIpc) is 2.51. The van der Waals surface area contributed by atoms with Crippen LogP contribution in [0.4, 0.5) is 0 Å². The van der Waals surface area contributed by atoms with Crippen molar-refractivity contribution in [3.05, 3.63) is 29.3 Å². The van der Waals surface area contributed by atoms with E-state index in [1.165, 1.54) is 19.3 Å². The Labute approximate surface area is 144 Å². The van der Waals surface area contributed by atoms with Crippen LogP contribution in [0.5, 0.6) is 5.75 Å². The van der Waals surface area contributed by atoms with E-state index in [1.807, 2.05) is 12.1 Å². The zero-order valence-corrected chi connectivity index (χ0v) is 15.0. The molecule has 1 aliphatic rings. The van der Waals surface area contributed by atoms with Crippen LogP contribution < -0.4 is 10.1 Å². The predicted molar refractivity (Wildman–Crippen MR) is 94.0 cm³/mol. The number of nitrogens with one attached hydrogen (secondary N) is 1. The fraction of sp³-hybridized carbons (Fsp3) is 0.611. The molecule has 5 heteroatoms. The molecule has 0 saturated heterocycles. The number of ether oxygens (including phenoxy) is 1. The lowest BCUT2D eigenvalue weighted by atomic mass is 9.84. The number of rotatable bonds is 6. The molecular formula is C18H27ClN2O2. The van der Waals surface area contributed by atoms with Crippen molar-refractivity contribution in [1.82, 2.24) is 10.2 Å². The zero-order valence-electron chi connectivity index (χ0n) is 14.2. The molecular weight excluding hydrogens is 312 g/mol. The van der Waals surface area contributed by atoms with Gasteiger partial charge in [0.2, 0.25) is 0 Å². The molecule has 23 heavy (non-hydrogen) atoms. The second-order valence-electron chi connectivity index (χ2n) is 6.61. The van der Waals surface area contributed by atoms with E-state index in [0.29, 0.717) is 16.7 Å². The number of carbonyl (C=O) groups is 1. The van der Waals surface area contributed by atoms with E-state index in [4.69, 9.17) is 16.3 Å². The van der Waals surface area contributed by atoms with Gasteiger partial charge < -0.3 is 15.0 Å². The second kappa shape index (κ2) is 8.55. The fourth-order valence-corrected chi connectivity index (χ4v) is 3.35. The molecule has 1 amide bonds. The van der Waals surface area contributed by atoms with Crippen LogP contribution in [-0.2, 0) is 4.79 Å². The molecule has 0 aliphatic heterocycles. The molecule has 0 radical (unpaired) electrons. The van der Waals surface area contributed by atoms with Crippen LogP contribution in [0.1, 0.15) is 32.6 Å². The molecule has 2 rings (SSSR count). The first-order valence-corrected chi connectivity index (χ1v) is 8.71. The molecule has 0 bridgehead atoms. The van der Waals surface area contributed by atoms with Crippen LogP contribution in [0.3, 0.4) is 0 Å². The number of nitrogens with zero attached hydrogens (tertiary/aromatic N) is 1. The summed E-state index contributed by atoms with van der Waals surface area (Å²) in [6.45, 7) is 2.77. The minimum Gasteiger partial charge on any atom is -0.479 e. The van der Waals surface area contributed by atoms with Crippen molar-refractivity contribution in [3.8, 4) is 5.75 Å². The van der Waals surface area contributed by atoms with E-state index in [0.717, 1.165) is 13.0 Å². The van der Waals surface area contributed by atoms with Gasteiger partial charge >= 0.3 is 0 Å². The highest BCUT2D eigenvalue weighted by Gasteiger charge is 2.28. The first kappa shape index (κ1) is 18.1. The van der Waals surface area contributed by atoms with Crippen LogP contribution in [0, 0.1) is 5.92 Å². The molecule has 128 valence electrons. The topological polar surface area (TPSA) is 41.6 Å². The molecule has 1 aromatic carbocycles. The van der Waals surface area contributed by atoms with Crippen LogP contribution in [0.15, 0.2) is 24.3 Å². The van der Waals surface area contributed by atoms with Gasteiger partial charge in [-0.05, 0) is 51.9 Å². The first-order valence-electron chi connectivity index (χ1n) is 8.33. The SMILES string of the molecule is CC(Oc1ccccc1Cl)C(=O)NC1CCCCC1CN(C)C. The third-order valence-corrected chi connectivity index (χ3v) is 4.66. The molecule has 1 saturated carbocycles. The minimum absolute atomic E-state index is 0.0689. The maximum Gasteiger partial charge on any atom is 0.261 e. The van der Waals surface area contributed by atoms with Gasteiger partial charge in [0.15, 0.2) is 6.10 Å². The van der Waals surface area contributed by atoms with Crippen LogP contribution >= 0.6 is 11.6 Å². The Balaban J connectivity index is 1.92. The highest BCUT2D eigenvalue weighted by atomic mass is 35.5. The Morgan fingerprint density at radius 2 is 2.04 bits per heavy atom. The molecule has 1 aromatic rings. The number of amides is 1. The Morgan fingerprint density at radius 3 is 2.74 bits per heavy atom. The summed E-state index contributed by atoms with van der Waals surface area (Å²) in [7, 11) is 4.16. The van der Waals surface area contributed by atoms with Gasteiger partial charge in [-0.15, -0.1) is 0 Å². The number of hydrogen-bond acceptors (Lipinski definition) is 3. The van der Waals surface area contributed by atoms with E-state index >= 15 is 0 Å². The number of para-hydroxylation sites is 1. The molecule has 1 N–H and O–H groups in total. The van der Waals surface area contributed by atoms with Gasteiger partial charge in [-0.3, -0.25) is 4.79 Å². The highest BCUT2D eigenvalue weighted by molar-refractivity contribution is 6.32. The average molecular weight is 339 g/mol. The van der Waals surface area contributed by atoms with Gasteiger partial charge in [0.05, 0.1) is 5.02 Å². The minimum atomic E-state index is -0.558. The molecule has 0 spiro atoms. The van der Waals surface area contributed by atoms with Gasteiger partial charge in [-0.2, -0.15) is 0 Å². The number of carbonyl (C=O) groups excluding carboxylic acids is 1. The molecule has 1 aliphatic carbocycles. The number of halogens is 1. The normalized spacial score (nSPS) is 22.7. The quantitative estimate of drug-likeness (QED) is 0.865. The Bertz CT molecular complexity index is 521. The summed E-state index contributed by atoms with van der Waals surface area (Å²) in [5.41, 5.74) is 0. The first-order chi connectivity index (χ1) is 11.0. The summed E-state index contributed by atoms with van der Waals surface area (Å²) in [5.74, 6) is 0.987. The van der Waals surface area contributed by atoms with Crippen molar-refractivity contribution in [2.75, 3.05) is 20.6 Å². The third kappa shape index (κ3) is 5.40. The third-order valence-electron chi connectivity index (χ3n) is 4.35. The van der Waals surface area contributed by atoms with E-state index in [2.05, 4.69) is 24.3 Å². The summed E-state index contributed by atoms with van der Waals surface area (Å²) in [4.78, 5) is 14.7. The second-order valence-corrected chi connectivity index (χ2v) is 7.02. The maximum atomic E-state index is 12.5. The van der Waals surface area contributed by atoms with Crippen molar-refractivity contribution >= 4 is 17.5 Å². The van der Waals surface area contributed by atoms with E-state index < -0.39 is 6.10 Å². The van der Waals surface area contributed by atoms with E-state index in [1.54, 1.807) is 19.1 Å². The Kier molecular flexibility index (Phi) is 6.72. The standard InChI is InChI=1S/C18H27ClN2O2/c1-13(23-17-11-7-5-9-15(17)19)18(22)20-16-10-6-4-8-14(16)12-21(2)3/h5,7,9,11,13-14,16H,4,6,8,10,12H2,1-3H3,(H,20,22). The maximum absolute atomic E-state index is 12.5. The lowest BCUT2D eigenvalue weighted by Crippen LogP contribution is -2.49. The van der Waals surface area contributed by atoms with Crippen molar-refractivity contribution in [3.63, 3.8) is 0 Å². The molecule has 0 heterocycles. The largest absolute Gasteiger partial charge is 0.479 e. The van der Waals surface area contributed by atoms with Gasteiger partial charge in [0.25, 0.3) is 5.91 Å². The lowest BCUT2D eigenvalue weighted by molar-refractivity contribution is -0.128. The molecule has 0 aromatic heterocycles. The molecule has 1 fully saturated rings. The zero-order chi connectivity index (χ0) is 16.8. The van der Waals surface area contributed by atoms with Crippen LogP contribution in [0.25, 0.3) is 0 Å². The molecule has 3 unspecified atom stereocenters. The van der Waals surface area contributed by atoms with Crippen LogP contribution in [0.2, 0.25) is 5.02 Å². The smallest absolute Gasteiger partial charge is 0.261 e. The van der Waals surface area contributed by atoms with Gasteiger partial charge in [-0.1, -0.05) is 36.6 Å². The predicted octanol–water partition coefficient (Wildman–Crippen LogP) is 3.34. The van der Waals surface area contributed by atoms with E-state index in [9.17, 15) is 4.79 Å². The summed E-state index contributed by atoms with van der Waals surface area (Å²) < 4.78 is 5.71. The van der Waals surface area contributed by atoms with Crippen molar-refractivity contribution in [2.45, 2.75) is 44.8 Å². The summed E-state index contributed by atoms with van der Waals surface area (Å²) in [6, 6.07) is 7.46. The van der Waals surface area contributed by atoms with Crippen molar-refractivity contribution in [2.24, 2.45) is 5.92 Å².